The summed E-state index contributed by atoms with van der Waals surface area (Å²) in [6.45, 7) is 1.76. The lowest BCUT2D eigenvalue weighted by Crippen LogP contribution is -2.46. The first-order valence-electron chi connectivity index (χ1n) is 7.68. The van der Waals surface area contributed by atoms with Crippen molar-refractivity contribution in [2.24, 2.45) is 7.05 Å². The number of methoxy groups -OCH3 is 1. The Hall–Kier alpha value is -2.34. The second-order valence-corrected chi connectivity index (χ2v) is 5.70. The van der Waals surface area contributed by atoms with Gasteiger partial charge in [-0.1, -0.05) is 12.1 Å². The third-order valence-corrected chi connectivity index (χ3v) is 3.98. The Labute approximate surface area is 135 Å². The molecule has 3 rings (SSSR count). The van der Waals surface area contributed by atoms with Crippen LogP contribution in [0.2, 0.25) is 0 Å². The number of aromatic nitrogens is 2. The summed E-state index contributed by atoms with van der Waals surface area (Å²) >= 11 is 0. The zero-order chi connectivity index (χ0) is 16.2. The molecule has 1 aliphatic rings. The summed E-state index contributed by atoms with van der Waals surface area (Å²) in [5.41, 5.74) is 1.76. The van der Waals surface area contributed by atoms with Crippen LogP contribution in [-0.2, 0) is 18.2 Å². The molecule has 6 nitrogen and oxygen atoms in total. The molecule has 1 aromatic heterocycles. The van der Waals surface area contributed by atoms with E-state index >= 15 is 0 Å². The lowest BCUT2D eigenvalue weighted by atomic mass is 10.1. The molecule has 2 aromatic rings. The summed E-state index contributed by atoms with van der Waals surface area (Å²) in [5.74, 6) is 0.846. The van der Waals surface area contributed by atoms with Gasteiger partial charge in [0.05, 0.1) is 31.6 Å². The van der Waals surface area contributed by atoms with Gasteiger partial charge in [-0.25, -0.2) is 0 Å². The molecule has 122 valence electrons. The summed E-state index contributed by atoms with van der Waals surface area (Å²) in [6, 6.07) is 7.94. The monoisotopic (exact) mass is 315 g/mol. The zero-order valence-electron chi connectivity index (χ0n) is 13.4. The van der Waals surface area contributed by atoms with Crippen molar-refractivity contribution < 1.29 is 14.3 Å². The van der Waals surface area contributed by atoms with E-state index in [0.29, 0.717) is 25.3 Å². The largest absolute Gasteiger partial charge is 0.497 e. The van der Waals surface area contributed by atoms with Crippen LogP contribution in [0.25, 0.3) is 0 Å². The topological polar surface area (TPSA) is 56.6 Å². The molecule has 0 unspecified atom stereocenters. The predicted octanol–water partition coefficient (Wildman–Crippen LogP) is 1.51. The van der Waals surface area contributed by atoms with Crippen LogP contribution in [0.4, 0.5) is 0 Å². The number of nitrogens with zero attached hydrogens (tertiary/aromatic N) is 3. The van der Waals surface area contributed by atoms with Crippen molar-refractivity contribution in [3.8, 4) is 5.75 Å². The maximum absolute atomic E-state index is 12.5. The third kappa shape index (κ3) is 3.71. The number of amides is 1. The van der Waals surface area contributed by atoms with Crippen molar-refractivity contribution in [3.63, 3.8) is 0 Å². The van der Waals surface area contributed by atoms with Crippen LogP contribution in [-0.4, -0.2) is 53.5 Å². The molecule has 1 atom stereocenters. The van der Waals surface area contributed by atoms with Crippen LogP contribution >= 0.6 is 0 Å². The van der Waals surface area contributed by atoms with Gasteiger partial charge in [-0.15, -0.1) is 0 Å². The van der Waals surface area contributed by atoms with E-state index in [1.807, 2.05) is 36.2 Å². The number of morpholine rings is 1. The normalized spacial score (nSPS) is 18.0. The summed E-state index contributed by atoms with van der Waals surface area (Å²) < 4.78 is 12.7. The molecule has 0 N–H and O–H groups in total. The minimum atomic E-state index is -0.00326. The minimum absolute atomic E-state index is 0.00326. The quantitative estimate of drug-likeness (QED) is 0.858. The molecule has 0 aliphatic carbocycles. The van der Waals surface area contributed by atoms with Gasteiger partial charge in [-0.3, -0.25) is 9.48 Å². The number of aryl methyl sites for hydroxylation is 1. The van der Waals surface area contributed by atoms with E-state index in [9.17, 15) is 4.79 Å². The fourth-order valence-electron chi connectivity index (χ4n) is 2.80. The van der Waals surface area contributed by atoms with Crippen LogP contribution in [0.15, 0.2) is 36.7 Å². The maximum Gasteiger partial charge on any atom is 0.257 e. The molecule has 0 bridgehead atoms. The van der Waals surface area contributed by atoms with E-state index in [4.69, 9.17) is 9.47 Å². The van der Waals surface area contributed by atoms with Crippen LogP contribution in [0.5, 0.6) is 5.75 Å². The smallest absolute Gasteiger partial charge is 0.257 e. The second kappa shape index (κ2) is 6.83. The Bertz CT molecular complexity index is 683. The summed E-state index contributed by atoms with van der Waals surface area (Å²) in [6.07, 6.45) is 4.11. The Morgan fingerprint density at radius 2 is 2.35 bits per heavy atom. The van der Waals surface area contributed by atoms with Gasteiger partial charge in [0.1, 0.15) is 5.75 Å². The molecule has 23 heavy (non-hydrogen) atoms. The lowest BCUT2D eigenvalue weighted by molar-refractivity contribution is -0.0208. The van der Waals surface area contributed by atoms with Gasteiger partial charge in [0.15, 0.2) is 0 Å². The zero-order valence-corrected chi connectivity index (χ0v) is 13.4. The first-order valence-corrected chi connectivity index (χ1v) is 7.68. The Morgan fingerprint density at radius 3 is 3.09 bits per heavy atom. The summed E-state index contributed by atoms with van der Waals surface area (Å²) in [5, 5.41) is 4.06. The number of hydrogen-bond donors (Lipinski definition) is 0. The van der Waals surface area contributed by atoms with E-state index in [1.165, 1.54) is 0 Å². The Balaban J connectivity index is 1.64. The average Bonchev–Trinajstić information content (AvgIpc) is 3.01. The van der Waals surface area contributed by atoms with Crippen LogP contribution in [0.3, 0.4) is 0 Å². The van der Waals surface area contributed by atoms with Crippen molar-refractivity contribution >= 4 is 5.91 Å². The average molecular weight is 315 g/mol. The second-order valence-electron chi connectivity index (χ2n) is 5.70. The maximum atomic E-state index is 12.5. The standard InChI is InChI=1S/C17H21N3O3/c1-19-11-14(10-18-19)17(21)20-6-7-23-16(12-20)9-13-4-3-5-15(8-13)22-2/h3-5,8,10-11,16H,6-7,9,12H2,1-2H3/t16-/m0/s1. The van der Waals surface area contributed by atoms with Gasteiger partial charge in [0.25, 0.3) is 5.91 Å². The SMILES string of the molecule is COc1cccc(C[C@H]2CN(C(=O)c3cnn(C)c3)CCO2)c1. The molecule has 1 fully saturated rings. The van der Waals surface area contributed by atoms with E-state index in [-0.39, 0.29) is 12.0 Å². The fraction of sp³-hybridized carbons (Fsp3) is 0.412. The van der Waals surface area contributed by atoms with Crippen molar-refractivity contribution in [3.05, 3.63) is 47.8 Å². The van der Waals surface area contributed by atoms with Crippen LogP contribution in [0, 0.1) is 0 Å². The highest BCUT2D eigenvalue weighted by Gasteiger charge is 2.25. The molecule has 1 aliphatic heterocycles. The van der Waals surface area contributed by atoms with Crippen LogP contribution in [0.1, 0.15) is 15.9 Å². The molecule has 0 spiro atoms. The van der Waals surface area contributed by atoms with Crippen molar-refractivity contribution in [1.82, 2.24) is 14.7 Å². The van der Waals surface area contributed by atoms with Gasteiger partial charge in [0, 0.05) is 32.8 Å². The number of carbonyl (C=O) groups is 1. The number of hydrogen-bond acceptors (Lipinski definition) is 4. The molecule has 0 saturated carbocycles. The molecule has 2 heterocycles. The van der Waals surface area contributed by atoms with Gasteiger partial charge in [-0.05, 0) is 17.7 Å². The number of rotatable bonds is 4. The number of ether oxygens (including phenoxy) is 2. The number of carbonyl (C=O) groups excluding carboxylic acids is 1. The highest BCUT2D eigenvalue weighted by atomic mass is 16.5. The van der Waals surface area contributed by atoms with Crippen molar-refractivity contribution in [2.75, 3.05) is 26.8 Å². The number of benzene rings is 1. The fourth-order valence-corrected chi connectivity index (χ4v) is 2.80. The van der Waals surface area contributed by atoms with Gasteiger partial charge in [-0.2, -0.15) is 5.10 Å². The summed E-state index contributed by atoms with van der Waals surface area (Å²) in [4.78, 5) is 14.3. The van der Waals surface area contributed by atoms with Gasteiger partial charge < -0.3 is 14.4 Å². The van der Waals surface area contributed by atoms with Gasteiger partial charge in [0.2, 0.25) is 0 Å². The highest BCUT2D eigenvalue weighted by Crippen LogP contribution is 2.18. The first-order chi connectivity index (χ1) is 11.2. The van der Waals surface area contributed by atoms with Gasteiger partial charge >= 0.3 is 0 Å². The molecule has 1 saturated heterocycles. The van der Waals surface area contributed by atoms with E-state index < -0.39 is 0 Å². The van der Waals surface area contributed by atoms with Crippen molar-refractivity contribution in [2.45, 2.75) is 12.5 Å². The summed E-state index contributed by atoms with van der Waals surface area (Å²) in [7, 11) is 3.46. The van der Waals surface area contributed by atoms with E-state index in [2.05, 4.69) is 5.10 Å². The third-order valence-electron chi connectivity index (χ3n) is 3.98. The highest BCUT2D eigenvalue weighted by molar-refractivity contribution is 5.93. The van der Waals surface area contributed by atoms with Crippen LogP contribution < -0.4 is 4.74 Å². The molecule has 1 aromatic carbocycles. The van der Waals surface area contributed by atoms with E-state index in [1.54, 1.807) is 24.2 Å². The Kier molecular flexibility index (Phi) is 4.62. The molecular formula is C17H21N3O3. The molecule has 6 heteroatoms. The lowest BCUT2D eigenvalue weighted by Gasteiger charge is -2.33. The first kappa shape index (κ1) is 15.6. The minimum Gasteiger partial charge on any atom is -0.497 e. The molecule has 0 radical (unpaired) electrons. The van der Waals surface area contributed by atoms with E-state index in [0.717, 1.165) is 17.7 Å². The predicted molar refractivity (Wildman–Crippen MR) is 85.5 cm³/mol. The Morgan fingerprint density at radius 1 is 1.48 bits per heavy atom. The molecular weight excluding hydrogens is 294 g/mol. The van der Waals surface area contributed by atoms with Crippen molar-refractivity contribution in [1.29, 1.82) is 0 Å². The molecule has 1 amide bonds.